The van der Waals surface area contributed by atoms with Gasteiger partial charge in [-0.15, -0.1) is 0 Å². The first kappa shape index (κ1) is 23.6. The van der Waals surface area contributed by atoms with Gasteiger partial charge in [-0.05, 0) is 13.3 Å². The van der Waals surface area contributed by atoms with E-state index in [0.29, 0.717) is 6.61 Å². The maximum atomic E-state index is 11.9. The van der Waals surface area contributed by atoms with Gasteiger partial charge < -0.3 is 34.1 Å². The predicted octanol–water partition coefficient (Wildman–Crippen LogP) is 2.01. The van der Waals surface area contributed by atoms with Crippen LogP contribution in [0.15, 0.2) is 30.3 Å². The minimum Gasteiger partial charge on any atom is -0.479 e. The Kier molecular flexibility index (Phi) is 8.39. The number of carbonyl (C=O) groups is 2. The minimum absolute atomic E-state index is 0.214. The Bertz CT molecular complexity index is 729. The molecule has 172 valence electrons. The number of benzene rings is 1. The van der Waals surface area contributed by atoms with Crippen LogP contribution in [0.4, 0.5) is 0 Å². The van der Waals surface area contributed by atoms with Crippen LogP contribution in [0.3, 0.4) is 0 Å². The van der Waals surface area contributed by atoms with Crippen LogP contribution in [0.25, 0.3) is 0 Å². The second-order valence-electron chi connectivity index (χ2n) is 7.75. The van der Waals surface area contributed by atoms with Crippen LogP contribution in [0.5, 0.6) is 0 Å². The summed E-state index contributed by atoms with van der Waals surface area (Å²) in [4.78, 5) is 23.4. The predicted molar refractivity (Wildman–Crippen MR) is 109 cm³/mol. The van der Waals surface area contributed by atoms with Crippen molar-refractivity contribution >= 4 is 11.9 Å². The molecule has 0 saturated carbocycles. The van der Waals surface area contributed by atoms with Crippen molar-refractivity contribution < 1.29 is 38.4 Å². The van der Waals surface area contributed by atoms with E-state index in [2.05, 4.69) is 5.32 Å². The number of hydrogen-bond acceptors (Lipinski definition) is 7. The third-order valence-electron chi connectivity index (χ3n) is 5.27. The van der Waals surface area contributed by atoms with E-state index in [1.54, 1.807) is 0 Å². The molecule has 0 bridgehead atoms. The van der Waals surface area contributed by atoms with Crippen LogP contribution in [-0.4, -0.2) is 66.9 Å². The molecule has 2 aliphatic rings. The largest absolute Gasteiger partial charge is 0.479 e. The van der Waals surface area contributed by atoms with E-state index in [0.717, 1.165) is 18.4 Å². The molecule has 2 heterocycles. The molecule has 31 heavy (non-hydrogen) atoms. The smallest absolute Gasteiger partial charge is 0.332 e. The lowest BCUT2D eigenvalue weighted by Gasteiger charge is -2.49. The lowest BCUT2D eigenvalue weighted by Crippen LogP contribution is -2.68. The summed E-state index contributed by atoms with van der Waals surface area (Å²) in [6.45, 7) is 5.51. The van der Waals surface area contributed by atoms with Gasteiger partial charge in [0.05, 0.1) is 6.61 Å². The van der Waals surface area contributed by atoms with E-state index >= 15 is 0 Å². The third kappa shape index (κ3) is 6.02. The monoisotopic (exact) mass is 437 g/mol. The molecule has 0 aromatic heterocycles. The van der Waals surface area contributed by atoms with Crippen molar-refractivity contribution in [3.05, 3.63) is 35.9 Å². The van der Waals surface area contributed by atoms with Gasteiger partial charge in [-0.2, -0.15) is 0 Å². The van der Waals surface area contributed by atoms with Crippen LogP contribution in [0.1, 0.15) is 45.5 Å². The average molecular weight is 437 g/mol. The van der Waals surface area contributed by atoms with Gasteiger partial charge in [0.15, 0.2) is 18.7 Å². The number of unbranched alkanes of at least 4 members (excludes halogenated alkanes) is 1. The van der Waals surface area contributed by atoms with Gasteiger partial charge in [-0.25, -0.2) is 4.79 Å². The van der Waals surface area contributed by atoms with E-state index in [9.17, 15) is 14.7 Å². The van der Waals surface area contributed by atoms with Crippen LogP contribution in [0, 0.1) is 0 Å². The molecular weight excluding hydrogens is 406 g/mol. The quantitative estimate of drug-likeness (QED) is 0.564. The molecule has 1 amide bonds. The summed E-state index contributed by atoms with van der Waals surface area (Å²) in [6, 6.07) is 8.67. The van der Waals surface area contributed by atoms with Gasteiger partial charge in [0.25, 0.3) is 0 Å². The normalized spacial score (nSPS) is 31.5. The highest BCUT2D eigenvalue weighted by molar-refractivity contribution is 5.73. The second-order valence-corrected chi connectivity index (χ2v) is 7.75. The summed E-state index contributed by atoms with van der Waals surface area (Å²) in [6.07, 6.45) is -2.85. The molecule has 2 fully saturated rings. The summed E-state index contributed by atoms with van der Waals surface area (Å²) in [5.41, 5.74) is 0.823. The molecule has 3 unspecified atom stereocenters. The Balaban J connectivity index is 1.86. The zero-order valence-electron chi connectivity index (χ0n) is 18.1. The van der Waals surface area contributed by atoms with Gasteiger partial charge in [0, 0.05) is 19.1 Å². The molecule has 2 N–H and O–H groups in total. The lowest BCUT2D eigenvalue weighted by atomic mass is 9.95. The fourth-order valence-electron chi connectivity index (χ4n) is 3.68. The summed E-state index contributed by atoms with van der Waals surface area (Å²) >= 11 is 0. The molecule has 7 atom stereocenters. The Morgan fingerprint density at radius 3 is 2.65 bits per heavy atom. The van der Waals surface area contributed by atoms with Gasteiger partial charge in [-0.1, -0.05) is 43.7 Å². The zero-order chi connectivity index (χ0) is 22.4. The fraction of sp³-hybridized carbons (Fsp3) is 0.636. The number of hydrogen-bond donors (Lipinski definition) is 2. The molecule has 9 heteroatoms. The highest BCUT2D eigenvalue weighted by Crippen LogP contribution is 2.36. The summed E-state index contributed by atoms with van der Waals surface area (Å²) < 4.78 is 29.9. The van der Waals surface area contributed by atoms with E-state index < -0.39 is 49.0 Å². The van der Waals surface area contributed by atoms with E-state index in [1.165, 1.54) is 13.8 Å². The Labute approximate surface area is 181 Å². The van der Waals surface area contributed by atoms with Crippen molar-refractivity contribution in [3.63, 3.8) is 0 Å². The molecule has 9 nitrogen and oxygen atoms in total. The number of nitrogens with one attached hydrogen (secondary N) is 1. The SMILES string of the molecule is CCCCO[C@H]1OC2COC(c3ccccc3)O[C@H]2[C@H](O[C@@H](C)C(=O)O)C1NC(C)=O. The van der Waals surface area contributed by atoms with Gasteiger partial charge in [0.1, 0.15) is 24.4 Å². The maximum absolute atomic E-state index is 11.9. The van der Waals surface area contributed by atoms with Crippen LogP contribution < -0.4 is 5.32 Å². The van der Waals surface area contributed by atoms with Crippen LogP contribution in [0.2, 0.25) is 0 Å². The number of ether oxygens (including phenoxy) is 5. The second kappa shape index (κ2) is 11.0. The number of rotatable bonds is 9. The summed E-state index contributed by atoms with van der Waals surface area (Å²) in [5.74, 6) is -1.42. The molecule has 0 spiro atoms. The molecule has 2 saturated heterocycles. The first-order chi connectivity index (χ1) is 14.9. The highest BCUT2D eigenvalue weighted by Gasteiger charge is 2.52. The Morgan fingerprint density at radius 2 is 2.00 bits per heavy atom. The van der Waals surface area contributed by atoms with Gasteiger partial charge >= 0.3 is 5.97 Å². The van der Waals surface area contributed by atoms with Crippen molar-refractivity contribution in [2.45, 2.75) is 76.7 Å². The fourth-order valence-corrected chi connectivity index (χ4v) is 3.68. The van der Waals surface area contributed by atoms with Crippen LogP contribution >= 0.6 is 0 Å². The first-order valence-corrected chi connectivity index (χ1v) is 10.6. The van der Waals surface area contributed by atoms with Crippen LogP contribution in [-0.2, 0) is 33.3 Å². The number of aliphatic carboxylic acids is 1. The number of amides is 1. The van der Waals surface area contributed by atoms with Gasteiger partial charge in [0.2, 0.25) is 5.91 Å². The Hall–Kier alpha value is -2.04. The van der Waals surface area contributed by atoms with Crippen molar-refractivity contribution in [1.29, 1.82) is 0 Å². The topological polar surface area (TPSA) is 113 Å². The van der Waals surface area contributed by atoms with E-state index in [1.807, 2.05) is 37.3 Å². The average Bonchev–Trinajstić information content (AvgIpc) is 2.75. The molecule has 3 rings (SSSR count). The third-order valence-corrected chi connectivity index (χ3v) is 5.27. The molecular formula is C22H31NO8. The van der Waals surface area contributed by atoms with E-state index in [-0.39, 0.29) is 12.5 Å². The van der Waals surface area contributed by atoms with Crippen molar-refractivity contribution in [3.8, 4) is 0 Å². The van der Waals surface area contributed by atoms with Gasteiger partial charge in [-0.3, -0.25) is 4.79 Å². The molecule has 1 aromatic carbocycles. The standard InChI is InChI=1S/C22H31NO8/c1-4-5-11-27-22-17(23-14(3)24)19(29-13(2)20(25)26)18-16(30-22)12-28-21(31-18)15-9-7-6-8-10-15/h6-10,13,16-19,21-22H,4-5,11-12H2,1-3H3,(H,23,24)(H,25,26)/t13-,16?,17?,18+,19+,21?,22-/m0/s1. The molecule has 0 aliphatic carbocycles. The maximum Gasteiger partial charge on any atom is 0.332 e. The number of carboxylic acid groups (broad SMARTS) is 1. The van der Waals surface area contributed by atoms with Crippen molar-refractivity contribution in [2.75, 3.05) is 13.2 Å². The van der Waals surface area contributed by atoms with Crippen molar-refractivity contribution in [1.82, 2.24) is 5.32 Å². The molecule has 0 radical (unpaired) electrons. The lowest BCUT2D eigenvalue weighted by molar-refractivity contribution is -0.350. The zero-order valence-corrected chi connectivity index (χ0v) is 18.1. The van der Waals surface area contributed by atoms with E-state index in [4.69, 9.17) is 23.7 Å². The Morgan fingerprint density at radius 1 is 1.26 bits per heavy atom. The summed E-state index contributed by atoms with van der Waals surface area (Å²) in [7, 11) is 0. The number of carboxylic acids is 1. The van der Waals surface area contributed by atoms with Crippen molar-refractivity contribution in [2.24, 2.45) is 0 Å². The highest BCUT2D eigenvalue weighted by atomic mass is 16.8. The number of carbonyl (C=O) groups excluding carboxylic acids is 1. The number of fused-ring (bicyclic) bond motifs is 1. The summed E-state index contributed by atoms with van der Waals surface area (Å²) in [5, 5.41) is 12.2. The first-order valence-electron chi connectivity index (χ1n) is 10.6. The molecule has 2 aliphatic heterocycles. The minimum atomic E-state index is -1.11. The molecule has 1 aromatic rings.